The van der Waals surface area contributed by atoms with Crippen LogP contribution in [0.3, 0.4) is 0 Å². The fourth-order valence-corrected chi connectivity index (χ4v) is 0.905. The van der Waals surface area contributed by atoms with E-state index < -0.39 is 0 Å². The van der Waals surface area contributed by atoms with E-state index in [1.807, 2.05) is 13.8 Å². The first-order valence-corrected chi connectivity index (χ1v) is 4.96. The van der Waals surface area contributed by atoms with Gasteiger partial charge in [-0.1, -0.05) is 6.92 Å². The van der Waals surface area contributed by atoms with Crippen molar-refractivity contribution in [1.29, 1.82) is 0 Å². The molecule has 82 valence electrons. The fourth-order valence-electron chi connectivity index (χ4n) is 0.905. The molecule has 14 heavy (non-hydrogen) atoms. The summed E-state index contributed by atoms with van der Waals surface area (Å²) in [6.07, 6.45) is 0.928. The van der Waals surface area contributed by atoms with Crippen molar-refractivity contribution in [3.63, 3.8) is 0 Å². The molecule has 5 heteroatoms. The van der Waals surface area contributed by atoms with E-state index in [1.165, 1.54) is 0 Å². The number of hydrogen-bond acceptors (Lipinski definition) is 2. The topological polar surface area (TPSA) is 79.5 Å². The second-order valence-corrected chi connectivity index (χ2v) is 3.02. The van der Waals surface area contributed by atoms with E-state index in [9.17, 15) is 4.79 Å². The van der Waals surface area contributed by atoms with Crippen molar-refractivity contribution in [3.8, 4) is 0 Å². The van der Waals surface area contributed by atoms with Gasteiger partial charge >= 0.3 is 0 Å². The molecular formula is C9H20N4O. The molecule has 0 heterocycles. The highest BCUT2D eigenvalue weighted by Crippen LogP contribution is 1.82. The lowest BCUT2D eigenvalue weighted by atomic mass is 10.3. The van der Waals surface area contributed by atoms with Crippen molar-refractivity contribution in [2.75, 3.05) is 13.1 Å². The van der Waals surface area contributed by atoms with Crippen LogP contribution in [0.5, 0.6) is 0 Å². The zero-order chi connectivity index (χ0) is 11.0. The van der Waals surface area contributed by atoms with E-state index >= 15 is 0 Å². The Morgan fingerprint density at radius 2 is 2.14 bits per heavy atom. The summed E-state index contributed by atoms with van der Waals surface area (Å²) in [5.41, 5.74) is 5.51. The molecule has 0 aliphatic carbocycles. The average molecular weight is 200 g/mol. The first-order chi connectivity index (χ1) is 6.61. The average Bonchev–Trinajstić information content (AvgIpc) is 2.14. The maximum atomic E-state index is 11.4. The number of rotatable bonds is 5. The monoisotopic (exact) mass is 200 g/mol. The van der Waals surface area contributed by atoms with Gasteiger partial charge in [0.2, 0.25) is 5.91 Å². The summed E-state index contributed by atoms with van der Waals surface area (Å²) in [5, 5.41) is 5.57. The molecule has 0 spiro atoms. The van der Waals surface area contributed by atoms with Crippen LogP contribution in [0.25, 0.3) is 0 Å². The molecule has 1 atom stereocenters. The van der Waals surface area contributed by atoms with E-state index in [0.29, 0.717) is 19.0 Å². The van der Waals surface area contributed by atoms with E-state index in [-0.39, 0.29) is 11.9 Å². The van der Waals surface area contributed by atoms with Crippen molar-refractivity contribution < 1.29 is 4.79 Å². The van der Waals surface area contributed by atoms with Crippen LogP contribution in [0.15, 0.2) is 4.99 Å². The van der Waals surface area contributed by atoms with Crippen molar-refractivity contribution >= 4 is 11.9 Å². The molecule has 0 radical (unpaired) electrons. The van der Waals surface area contributed by atoms with Crippen LogP contribution in [0.1, 0.15) is 27.2 Å². The Morgan fingerprint density at radius 1 is 1.50 bits per heavy atom. The number of hydrogen-bond donors (Lipinski definition) is 3. The molecule has 0 aliphatic heterocycles. The number of carbonyl (C=O) groups is 1. The number of nitrogens with zero attached hydrogens (tertiary/aromatic N) is 1. The summed E-state index contributed by atoms with van der Waals surface area (Å²) in [6, 6.07) is -0.336. The van der Waals surface area contributed by atoms with Gasteiger partial charge in [-0.15, -0.1) is 0 Å². The van der Waals surface area contributed by atoms with Gasteiger partial charge < -0.3 is 16.4 Å². The lowest BCUT2D eigenvalue weighted by Crippen LogP contribution is -2.47. The van der Waals surface area contributed by atoms with Crippen LogP contribution in [0.2, 0.25) is 0 Å². The van der Waals surface area contributed by atoms with Crippen molar-refractivity contribution in [2.24, 2.45) is 10.7 Å². The molecule has 0 aliphatic rings. The highest BCUT2D eigenvalue weighted by Gasteiger charge is 2.11. The van der Waals surface area contributed by atoms with Gasteiger partial charge in [0.25, 0.3) is 0 Å². The molecule has 1 amide bonds. The Morgan fingerprint density at radius 3 is 2.64 bits per heavy atom. The standard InChI is InChI=1S/C9H20N4O/c1-4-6-12-8(14)7(3)13-9(10)11-5-2/h7H,4-6H2,1-3H3,(H,12,14)(H3,10,11,13). The zero-order valence-electron chi connectivity index (χ0n) is 9.13. The van der Waals surface area contributed by atoms with E-state index in [1.54, 1.807) is 6.92 Å². The van der Waals surface area contributed by atoms with E-state index in [2.05, 4.69) is 15.6 Å². The van der Waals surface area contributed by atoms with Gasteiger partial charge in [-0.3, -0.25) is 9.79 Å². The second-order valence-electron chi connectivity index (χ2n) is 3.02. The molecule has 4 N–H and O–H groups in total. The summed E-state index contributed by atoms with van der Waals surface area (Å²) >= 11 is 0. The lowest BCUT2D eigenvalue weighted by molar-refractivity contribution is -0.122. The SMILES string of the molecule is CCCNC(=O)C(C)NC(N)=NCC. The predicted molar refractivity (Wildman–Crippen MR) is 58.1 cm³/mol. The third kappa shape index (κ3) is 5.40. The molecule has 5 nitrogen and oxygen atoms in total. The van der Waals surface area contributed by atoms with E-state index in [0.717, 1.165) is 6.42 Å². The van der Waals surface area contributed by atoms with Gasteiger partial charge in [-0.2, -0.15) is 0 Å². The molecule has 0 aromatic heterocycles. The molecule has 0 aromatic rings. The van der Waals surface area contributed by atoms with Crippen LogP contribution in [0.4, 0.5) is 0 Å². The Hall–Kier alpha value is -1.26. The number of aliphatic imine (C=N–C) groups is 1. The summed E-state index contributed by atoms with van der Waals surface area (Å²) < 4.78 is 0. The summed E-state index contributed by atoms with van der Waals surface area (Å²) in [6.45, 7) is 6.95. The fraction of sp³-hybridized carbons (Fsp3) is 0.778. The number of carbonyl (C=O) groups excluding carboxylic acids is 1. The Bertz CT molecular complexity index is 203. The predicted octanol–water partition coefficient (Wildman–Crippen LogP) is -0.175. The molecule has 0 saturated carbocycles. The molecule has 0 bridgehead atoms. The number of guanidine groups is 1. The molecule has 0 rings (SSSR count). The smallest absolute Gasteiger partial charge is 0.242 e. The number of amides is 1. The van der Waals surface area contributed by atoms with Gasteiger partial charge in [-0.25, -0.2) is 0 Å². The molecule has 0 fully saturated rings. The minimum absolute atomic E-state index is 0.0545. The highest BCUT2D eigenvalue weighted by molar-refractivity contribution is 5.87. The van der Waals surface area contributed by atoms with Crippen LogP contribution in [0, 0.1) is 0 Å². The van der Waals surface area contributed by atoms with E-state index in [4.69, 9.17) is 5.73 Å². The first-order valence-electron chi connectivity index (χ1n) is 4.96. The Balaban J connectivity index is 3.88. The third-order valence-electron chi connectivity index (χ3n) is 1.64. The zero-order valence-corrected chi connectivity index (χ0v) is 9.13. The van der Waals surface area contributed by atoms with Gasteiger partial charge in [0.05, 0.1) is 0 Å². The normalized spacial score (nSPS) is 13.5. The Labute approximate surface area is 85.2 Å². The van der Waals surface area contributed by atoms with Crippen molar-refractivity contribution in [2.45, 2.75) is 33.2 Å². The van der Waals surface area contributed by atoms with Crippen LogP contribution < -0.4 is 16.4 Å². The lowest BCUT2D eigenvalue weighted by Gasteiger charge is -2.13. The quantitative estimate of drug-likeness (QED) is 0.425. The first kappa shape index (κ1) is 12.7. The Kier molecular flexibility index (Phi) is 6.53. The van der Waals surface area contributed by atoms with Crippen LogP contribution in [-0.4, -0.2) is 31.0 Å². The van der Waals surface area contributed by atoms with Gasteiger partial charge in [0.15, 0.2) is 5.96 Å². The minimum Gasteiger partial charge on any atom is -0.370 e. The third-order valence-corrected chi connectivity index (χ3v) is 1.64. The molecule has 1 unspecified atom stereocenters. The van der Waals surface area contributed by atoms with Crippen LogP contribution in [-0.2, 0) is 4.79 Å². The number of nitrogens with two attached hydrogens (primary N) is 1. The van der Waals surface area contributed by atoms with Crippen molar-refractivity contribution in [1.82, 2.24) is 10.6 Å². The highest BCUT2D eigenvalue weighted by atomic mass is 16.2. The maximum absolute atomic E-state index is 11.4. The summed E-state index contributed by atoms with van der Waals surface area (Å²) in [5.74, 6) is 0.257. The summed E-state index contributed by atoms with van der Waals surface area (Å²) in [4.78, 5) is 15.3. The van der Waals surface area contributed by atoms with Gasteiger partial charge in [0, 0.05) is 13.1 Å². The van der Waals surface area contributed by atoms with Gasteiger partial charge in [-0.05, 0) is 20.3 Å². The molecule has 0 aromatic carbocycles. The second kappa shape index (κ2) is 7.17. The van der Waals surface area contributed by atoms with Crippen molar-refractivity contribution in [3.05, 3.63) is 0 Å². The summed E-state index contributed by atoms with van der Waals surface area (Å²) in [7, 11) is 0. The number of nitrogens with one attached hydrogen (secondary N) is 2. The van der Waals surface area contributed by atoms with Gasteiger partial charge in [0.1, 0.15) is 6.04 Å². The minimum atomic E-state index is -0.336. The molecule has 0 saturated heterocycles. The largest absolute Gasteiger partial charge is 0.370 e. The molecular weight excluding hydrogens is 180 g/mol. The maximum Gasteiger partial charge on any atom is 0.242 e. The van der Waals surface area contributed by atoms with Crippen LogP contribution >= 0.6 is 0 Å².